The number of aliphatic carboxylic acids is 1. The van der Waals surface area contributed by atoms with Crippen molar-refractivity contribution in [2.24, 2.45) is 0 Å². The van der Waals surface area contributed by atoms with Crippen LogP contribution in [0.15, 0.2) is 24.3 Å². The van der Waals surface area contributed by atoms with Crippen molar-refractivity contribution in [3.8, 4) is 5.75 Å². The summed E-state index contributed by atoms with van der Waals surface area (Å²) in [6.45, 7) is 2.61. The van der Waals surface area contributed by atoms with E-state index in [1.54, 1.807) is 0 Å². The molecular formula is C15H19NO5. The van der Waals surface area contributed by atoms with Crippen LogP contribution in [-0.2, 0) is 20.7 Å². The third-order valence-electron chi connectivity index (χ3n) is 3.40. The van der Waals surface area contributed by atoms with Gasteiger partial charge in [-0.3, -0.25) is 4.79 Å². The first-order valence-electron chi connectivity index (χ1n) is 6.94. The summed E-state index contributed by atoms with van der Waals surface area (Å²) in [7, 11) is 0. The molecule has 1 N–H and O–H groups in total. The highest BCUT2D eigenvalue weighted by molar-refractivity contribution is 5.79. The molecule has 0 radical (unpaired) electrons. The van der Waals surface area contributed by atoms with E-state index in [0.717, 1.165) is 12.0 Å². The topological polar surface area (TPSA) is 76.1 Å². The molecule has 1 aliphatic heterocycles. The van der Waals surface area contributed by atoms with Crippen LogP contribution in [0.3, 0.4) is 0 Å². The summed E-state index contributed by atoms with van der Waals surface area (Å²) in [5, 5.41) is 8.92. The van der Waals surface area contributed by atoms with Gasteiger partial charge in [-0.15, -0.1) is 0 Å². The Balaban J connectivity index is 1.91. The van der Waals surface area contributed by atoms with Crippen LogP contribution < -0.4 is 4.74 Å². The monoisotopic (exact) mass is 293 g/mol. The van der Waals surface area contributed by atoms with Gasteiger partial charge >= 0.3 is 5.97 Å². The smallest absolute Gasteiger partial charge is 0.334 e. The van der Waals surface area contributed by atoms with Crippen molar-refractivity contribution < 1.29 is 24.2 Å². The summed E-state index contributed by atoms with van der Waals surface area (Å²) < 4.78 is 10.6. The molecule has 21 heavy (non-hydrogen) atoms. The number of benzene rings is 1. The Morgan fingerprint density at radius 3 is 2.90 bits per heavy atom. The Morgan fingerprint density at radius 2 is 2.19 bits per heavy atom. The molecule has 0 spiro atoms. The number of carboxylic acids is 1. The number of aryl methyl sites for hydroxylation is 1. The number of carboxylic acid groups (broad SMARTS) is 1. The number of para-hydroxylation sites is 1. The molecule has 0 aromatic heterocycles. The van der Waals surface area contributed by atoms with Crippen molar-refractivity contribution in [3.63, 3.8) is 0 Å². The first-order valence-corrected chi connectivity index (χ1v) is 6.94. The van der Waals surface area contributed by atoms with E-state index in [4.69, 9.17) is 14.6 Å². The van der Waals surface area contributed by atoms with Gasteiger partial charge in [-0.2, -0.15) is 0 Å². The Morgan fingerprint density at radius 1 is 1.43 bits per heavy atom. The van der Waals surface area contributed by atoms with Gasteiger partial charge in [0.2, 0.25) is 0 Å². The maximum Gasteiger partial charge on any atom is 0.334 e. The molecule has 1 atom stereocenters. The van der Waals surface area contributed by atoms with Gasteiger partial charge in [0.25, 0.3) is 5.91 Å². The molecule has 0 saturated carbocycles. The van der Waals surface area contributed by atoms with Gasteiger partial charge in [0.15, 0.2) is 12.7 Å². The molecule has 6 heteroatoms. The number of hydrogen-bond acceptors (Lipinski definition) is 4. The SMILES string of the molecule is CCc1ccccc1OCC(=O)N1CCO[C@H](C(=O)O)C1. The summed E-state index contributed by atoms with van der Waals surface area (Å²) in [5.74, 6) is -0.586. The zero-order valence-corrected chi connectivity index (χ0v) is 11.9. The lowest BCUT2D eigenvalue weighted by molar-refractivity contribution is -0.159. The molecule has 1 aromatic rings. The largest absolute Gasteiger partial charge is 0.483 e. The van der Waals surface area contributed by atoms with Crippen LogP contribution >= 0.6 is 0 Å². The molecular weight excluding hydrogens is 274 g/mol. The molecule has 1 fully saturated rings. The van der Waals surface area contributed by atoms with Crippen molar-refractivity contribution in [2.75, 3.05) is 26.3 Å². The van der Waals surface area contributed by atoms with Crippen molar-refractivity contribution in [3.05, 3.63) is 29.8 Å². The minimum absolute atomic E-state index is 0.0625. The molecule has 1 saturated heterocycles. The van der Waals surface area contributed by atoms with E-state index >= 15 is 0 Å². The Labute approximate surface area is 123 Å². The second-order valence-electron chi connectivity index (χ2n) is 4.79. The van der Waals surface area contributed by atoms with Crippen LogP contribution in [0.2, 0.25) is 0 Å². The number of morpholine rings is 1. The molecule has 0 aliphatic carbocycles. The summed E-state index contributed by atoms with van der Waals surface area (Å²) in [6.07, 6.45) is -0.131. The number of nitrogens with zero attached hydrogens (tertiary/aromatic N) is 1. The van der Waals surface area contributed by atoms with Crippen LogP contribution in [-0.4, -0.2) is 54.3 Å². The number of amides is 1. The van der Waals surface area contributed by atoms with Crippen LogP contribution in [0.5, 0.6) is 5.75 Å². The highest BCUT2D eigenvalue weighted by atomic mass is 16.5. The first kappa shape index (κ1) is 15.3. The van der Waals surface area contributed by atoms with E-state index in [-0.39, 0.29) is 25.7 Å². The fraction of sp³-hybridized carbons (Fsp3) is 0.467. The van der Waals surface area contributed by atoms with Gasteiger partial charge in [-0.25, -0.2) is 4.79 Å². The lowest BCUT2D eigenvalue weighted by Gasteiger charge is -2.30. The van der Waals surface area contributed by atoms with E-state index < -0.39 is 12.1 Å². The second kappa shape index (κ2) is 7.08. The van der Waals surface area contributed by atoms with Gasteiger partial charge in [0.05, 0.1) is 13.2 Å². The lowest BCUT2D eigenvalue weighted by atomic mass is 10.1. The number of hydrogen-bond donors (Lipinski definition) is 1. The summed E-state index contributed by atoms with van der Waals surface area (Å²) in [6, 6.07) is 7.56. The normalized spacial score (nSPS) is 18.3. The van der Waals surface area contributed by atoms with Gasteiger partial charge in [0.1, 0.15) is 5.75 Å². The highest BCUT2D eigenvalue weighted by Crippen LogP contribution is 2.18. The van der Waals surface area contributed by atoms with Gasteiger partial charge in [-0.05, 0) is 18.1 Å². The Hall–Kier alpha value is -2.08. The third kappa shape index (κ3) is 3.95. The standard InChI is InChI=1S/C15H19NO5/c1-2-11-5-3-4-6-12(11)21-10-14(17)16-7-8-20-13(9-16)15(18)19/h3-6,13H,2,7-10H2,1H3,(H,18,19)/t13-/m0/s1. The second-order valence-corrected chi connectivity index (χ2v) is 4.79. The molecule has 114 valence electrons. The molecule has 6 nitrogen and oxygen atoms in total. The van der Waals surface area contributed by atoms with Crippen LogP contribution in [0.25, 0.3) is 0 Å². The zero-order chi connectivity index (χ0) is 15.2. The third-order valence-corrected chi connectivity index (χ3v) is 3.40. The Bertz CT molecular complexity index is 517. The molecule has 1 aliphatic rings. The Kier molecular flexibility index (Phi) is 5.16. The molecule has 1 heterocycles. The average molecular weight is 293 g/mol. The van der Waals surface area contributed by atoms with Crippen molar-refractivity contribution in [1.29, 1.82) is 0 Å². The highest BCUT2D eigenvalue weighted by Gasteiger charge is 2.29. The van der Waals surface area contributed by atoms with Gasteiger partial charge in [0, 0.05) is 6.54 Å². The number of carbonyl (C=O) groups excluding carboxylic acids is 1. The summed E-state index contributed by atoms with van der Waals surface area (Å²) in [5.41, 5.74) is 1.04. The first-order chi connectivity index (χ1) is 10.1. The minimum atomic E-state index is -1.05. The quantitative estimate of drug-likeness (QED) is 0.874. The molecule has 0 unspecified atom stereocenters. The molecule has 1 aromatic carbocycles. The number of rotatable bonds is 5. The summed E-state index contributed by atoms with van der Waals surface area (Å²) in [4.78, 5) is 24.5. The summed E-state index contributed by atoms with van der Waals surface area (Å²) >= 11 is 0. The zero-order valence-electron chi connectivity index (χ0n) is 11.9. The van der Waals surface area contributed by atoms with E-state index in [9.17, 15) is 9.59 Å². The van der Waals surface area contributed by atoms with E-state index in [2.05, 4.69) is 0 Å². The van der Waals surface area contributed by atoms with Gasteiger partial charge < -0.3 is 19.5 Å². The fourth-order valence-corrected chi connectivity index (χ4v) is 2.19. The molecule has 2 rings (SSSR count). The predicted octanol–water partition coefficient (Wildman–Crippen LogP) is 0.940. The lowest BCUT2D eigenvalue weighted by Crippen LogP contribution is -2.49. The maximum atomic E-state index is 12.1. The predicted molar refractivity (Wildman–Crippen MR) is 75.3 cm³/mol. The fourth-order valence-electron chi connectivity index (χ4n) is 2.19. The molecule has 1 amide bonds. The minimum Gasteiger partial charge on any atom is -0.483 e. The maximum absolute atomic E-state index is 12.1. The van der Waals surface area contributed by atoms with Crippen molar-refractivity contribution in [2.45, 2.75) is 19.4 Å². The molecule has 0 bridgehead atoms. The van der Waals surface area contributed by atoms with E-state index in [1.165, 1.54) is 4.90 Å². The van der Waals surface area contributed by atoms with E-state index in [0.29, 0.717) is 12.3 Å². The van der Waals surface area contributed by atoms with Crippen molar-refractivity contribution in [1.82, 2.24) is 4.90 Å². The van der Waals surface area contributed by atoms with Crippen LogP contribution in [0.1, 0.15) is 12.5 Å². The van der Waals surface area contributed by atoms with Crippen molar-refractivity contribution >= 4 is 11.9 Å². The van der Waals surface area contributed by atoms with Crippen LogP contribution in [0, 0.1) is 0 Å². The average Bonchev–Trinajstić information content (AvgIpc) is 2.52. The van der Waals surface area contributed by atoms with Crippen LogP contribution in [0.4, 0.5) is 0 Å². The van der Waals surface area contributed by atoms with Gasteiger partial charge in [-0.1, -0.05) is 25.1 Å². The van der Waals surface area contributed by atoms with E-state index in [1.807, 2.05) is 31.2 Å². The number of carbonyl (C=O) groups is 2. The number of ether oxygens (including phenoxy) is 2.